The summed E-state index contributed by atoms with van der Waals surface area (Å²) in [7, 11) is -3.94. The minimum atomic E-state index is -3.25. The minimum absolute atomic E-state index is 0.0697. The number of benzene rings is 6. The predicted octanol–water partition coefficient (Wildman–Crippen LogP) is 12.4. The van der Waals surface area contributed by atoms with Gasteiger partial charge in [-0.3, -0.25) is 29.2 Å². The van der Waals surface area contributed by atoms with E-state index in [1.54, 1.807) is 12.1 Å². The topological polar surface area (TPSA) is 539 Å². The summed E-state index contributed by atoms with van der Waals surface area (Å²) in [6, 6.07) is 50.3. The lowest BCUT2D eigenvalue weighted by atomic mass is 10.0. The molecule has 0 unspecified atom stereocenters. The third kappa shape index (κ3) is 40.6. The van der Waals surface area contributed by atoms with Crippen molar-refractivity contribution in [1.29, 1.82) is 0 Å². The molecule has 10 heterocycles. The van der Waals surface area contributed by atoms with Crippen LogP contribution in [0.5, 0.6) is 0 Å². The minimum Gasteiger partial charge on any atom is -0.481 e. The fourth-order valence-corrected chi connectivity index (χ4v) is 21.9. The number of rotatable bonds is 42. The lowest BCUT2D eigenvalue weighted by Crippen LogP contribution is -2.49. The molecule has 5 fully saturated rings. The summed E-state index contributed by atoms with van der Waals surface area (Å²) >= 11 is 24.9. The molecule has 5 aliphatic heterocycles. The van der Waals surface area contributed by atoms with Crippen LogP contribution < -0.4 is 58.5 Å². The summed E-state index contributed by atoms with van der Waals surface area (Å²) in [6.07, 6.45) is 19.6. The van der Waals surface area contributed by atoms with Crippen molar-refractivity contribution in [3.05, 3.63) is 203 Å². The van der Waals surface area contributed by atoms with Crippen molar-refractivity contribution in [2.24, 2.45) is 0 Å². The van der Waals surface area contributed by atoms with Gasteiger partial charge in [-0.05, 0) is 264 Å². The number of carbonyl (C=O) groups is 2. The van der Waals surface area contributed by atoms with Crippen LogP contribution in [0.2, 0.25) is 15.1 Å². The van der Waals surface area contributed by atoms with Gasteiger partial charge in [0.1, 0.15) is 9.84 Å². The number of carboxylic acid groups (broad SMARTS) is 1. The molecular weight excluding hydrogens is 2120 g/mol. The van der Waals surface area contributed by atoms with Crippen LogP contribution in [0, 0.1) is 6.92 Å². The van der Waals surface area contributed by atoms with Crippen molar-refractivity contribution in [2.75, 3.05) is 202 Å². The Bertz CT molecular complexity index is 6020. The van der Waals surface area contributed by atoms with Crippen LogP contribution in [0.15, 0.2) is 159 Å². The normalized spacial score (nSPS) is 15.2. The Balaban J connectivity index is 0.000000176. The van der Waals surface area contributed by atoms with Crippen LogP contribution in [0.3, 0.4) is 0 Å². The third-order valence-electron chi connectivity index (χ3n) is 27.1. The first-order valence-electron chi connectivity index (χ1n) is 50.6. The number of aromatic amines is 5. The van der Waals surface area contributed by atoms with E-state index in [1.807, 2.05) is 93.6 Å². The molecule has 6 aromatic carbocycles. The maximum absolute atomic E-state index is 12.8. The molecule has 16 rings (SSSR count). The van der Waals surface area contributed by atoms with E-state index >= 15 is 0 Å². The highest BCUT2D eigenvalue weighted by Gasteiger charge is 2.33. The number of amides is 1. The first-order chi connectivity index (χ1) is 71.0. The second-order valence-corrected chi connectivity index (χ2v) is 45.8. The van der Waals surface area contributed by atoms with Crippen LogP contribution in [0.4, 0.5) is 59.5 Å². The molecular formula is C101H144Br2Cl3N31O9S2. The van der Waals surface area contributed by atoms with E-state index in [9.17, 15) is 26.4 Å². The molecule has 17 N–H and O–H groups in total. The van der Waals surface area contributed by atoms with Gasteiger partial charge in [0.25, 0.3) is 0 Å². The maximum Gasteiger partial charge on any atom is 0.373 e. The molecule has 5 aromatic heterocycles. The zero-order valence-corrected chi connectivity index (χ0v) is 92.1. The number of aromatic nitrogens is 15. The van der Waals surface area contributed by atoms with Gasteiger partial charge in [0.15, 0.2) is 9.84 Å². The van der Waals surface area contributed by atoms with Crippen LogP contribution in [0.25, 0.3) is 0 Å². The standard InChI is InChI=1S/C26H35BrN6O2S.C20H31BrN6O2S.C20H30ClN7O.C18H25ClN6O2.C16H23ClN6.CO2/c1-20-4-10-24(11-5-20)36(34,35)19-3-2-15-32(16-12-21-6-8-22(27)9-7-21)23-13-17-33(18-14-23)26-29-25(28)30-31-26;1-30(28,29)15-3-2-11-26(12-8-16-4-6-17(21)7-5-16)18-9-13-27(14-10-18)20-23-19(22)24-25-20;1-14(2)23-18(29)13-28(10-7-15-3-5-16(21)6-4-15)17-8-11-27(12-9-17)20-24-19(22)25-26-20;19-14-3-1-13(2-4-14)5-9-24(12-8-16(26)27)15-6-10-25(11-7-15)18-21-17(20)22-23-18;1-22(9-6-12-2-4-13(17)5-3-12)14-7-10-23(11-8-14)16-19-15(18)20-21-16;2-1-3/h4-11,23H,2-3,12-19H2,1H3,(H3,28,29,30,31);4-7,18H,2-3,8-15H2,1H3,(H3,22,23,24,25);3-6,14,17H,7-13H2,1-2H3,(H,23,29)(H3,22,24,25,26);1-4,15H,5-12H2,(H,26,27)(H3,20,21,22,23);2-5,14H,6-11H2,1H3,(H3,18,19,20,21);. The number of unbranched alkanes of at least 4 members (excludes halogenated alkanes) is 2. The van der Waals surface area contributed by atoms with Crippen molar-refractivity contribution in [1.82, 2.24) is 106 Å². The van der Waals surface area contributed by atoms with Crippen molar-refractivity contribution < 1.29 is 41.1 Å². The van der Waals surface area contributed by atoms with E-state index in [4.69, 9.17) is 78.2 Å². The third-order valence-corrected chi connectivity index (χ3v) is 31.7. The maximum atomic E-state index is 12.8. The second-order valence-electron chi connectivity index (χ2n) is 38.3. The van der Waals surface area contributed by atoms with Crippen LogP contribution in [-0.4, -0.2) is 326 Å². The smallest absolute Gasteiger partial charge is 0.373 e. The summed E-state index contributed by atoms with van der Waals surface area (Å²) < 4.78 is 50.6. The second kappa shape index (κ2) is 60.1. The number of nitrogen functional groups attached to an aromatic ring is 5. The number of sulfone groups is 2. The number of carboxylic acids is 1. The lowest BCUT2D eigenvalue weighted by molar-refractivity contribution is -0.191. The molecule has 0 radical (unpaired) electrons. The van der Waals surface area contributed by atoms with Gasteiger partial charge >= 0.3 is 12.1 Å². The van der Waals surface area contributed by atoms with E-state index in [-0.39, 0.29) is 36.0 Å². The highest BCUT2D eigenvalue weighted by molar-refractivity contribution is 9.10. The van der Waals surface area contributed by atoms with Crippen molar-refractivity contribution >= 4 is 164 Å². The SMILES string of the molecule is CC(C)NC(=O)CN(CCc1ccc(Cl)cc1)C1CCN(c2n[nH]c(N)n2)CC1.CN(CCc1ccc(Cl)cc1)C1CCN(c2n[nH]c(N)n2)CC1.CS(=O)(=O)CCCCN(CCc1ccc(Br)cc1)C1CCN(c2n[nH]c(N)n2)CC1.Cc1ccc(S(=O)(=O)CCCCN(CCc2ccc(Br)cc2)C2CCN(c3n[nH]c(N)n3)CC2)cc1.Nc1nc(N2CCC(N(CCC(=O)O)CCc3ccc(Cl)cc3)CC2)n[nH]1.O=C=O. The number of nitrogens with zero attached hydrogens (tertiary/aromatic N) is 20. The fourth-order valence-electron chi connectivity index (χ4n) is 18.9. The Hall–Kier alpha value is -11.1. The Morgan fingerprint density at radius 2 is 0.682 bits per heavy atom. The molecule has 0 aliphatic carbocycles. The summed E-state index contributed by atoms with van der Waals surface area (Å²) in [5.74, 6) is 4.77. The van der Waals surface area contributed by atoms with E-state index in [0.717, 1.165) is 250 Å². The molecule has 0 saturated carbocycles. The molecule has 5 saturated heterocycles. The molecule has 40 nitrogen and oxygen atoms in total. The first kappa shape index (κ1) is 117. The van der Waals surface area contributed by atoms with Gasteiger partial charge in [-0.1, -0.05) is 145 Å². The molecule has 0 spiro atoms. The molecule has 5 aliphatic rings. The number of nitrogens with one attached hydrogen (secondary N) is 6. The monoisotopic (exact) mass is 2260 g/mol. The van der Waals surface area contributed by atoms with E-state index in [0.29, 0.717) is 121 Å². The number of aryl methyl sites for hydroxylation is 1. The number of aliphatic carboxylic acids is 1. The van der Waals surface area contributed by atoms with Gasteiger partial charge < -0.3 is 68.5 Å². The van der Waals surface area contributed by atoms with Gasteiger partial charge in [-0.2, -0.15) is 34.5 Å². The van der Waals surface area contributed by atoms with Gasteiger partial charge in [0.2, 0.25) is 65.4 Å². The summed E-state index contributed by atoms with van der Waals surface area (Å²) in [6.45, 7) is 22.1. The average molecular weight is 2270 g/mol. The number of anilines is 10. The molecule has 47 heteroatoms. The molecule has 148 heavy (non-hydrogen) atoms. The number of piperidine rings is 5. The van der Waals surface area contributed by atoms with Crippen LogP contribution in [0.1, 0.15) is 144 Å². The van der Waals surface area contributed by atoms with Crippen LogP contribution in [-0.2, 0) is 71.0 Å². The number of halogens is 5. The van der Waals surface area contributed by atoms with Crippen molar-refractivity contribution in [3.8, 4) is 0 Å². The number of nitrogens with two attached hydrogens (primary N) is 5. The Morgan fingerprint density at radius 1 is 0.412 bits per heavy atom. The first-order valence-corrected chi connectivity index (χ1v) is 57.0. The predicted molar refractivity (Wildman–Crippen MR) is 592 cm³/mol. The van der Waals surface area contributed by atoms with Crippen LogP contribution >= 0.6 is 66.7 Å². The van der Waals surface area contributed by atoms with Crippen molar-refractivity contribution in [2.45, 2.75) is 190 Å². The van der Waals surface area contributed by atoms with Crippen molar-refractivity contribution in [3.63, 3.8) is 0 Å². The lowest BCUT2D eigenvalue weighted by Gasteiger charge is -2.38. The zero-order valence-electron chi connectivity index (χ0n) is 85.1. The highest BCUT2D eigenvalue weighted by Crippen LogP contribution is 2.30. The number of carbonyl (C=O) groups excluding carboxylic acids is 3. The average Bonchev–Trinajstić information content (AvgIpc) is 0.961. The molecule has 1 amide bonds. The molecule has 0 atom stereocenters. The zero-order chi connectivity index (χ0) is 106. The summed E-state index contributed by atoms with van der Waals surface area (Å²) in [4.78, 5) is 84.2. The van der Waals surface area contributed by atoms with Gasteiger partial charge in [-0.15, -0.1) is 25.5 Å². The summed E-state index contributed by atoms with van der Waals surface area (Å²) in [5, 5.41) is 48.6. The Kier molecular flexibility index (Phi) is 47.5. The Labute approximate surface area is 899 Å². The molecule has 0 bridgehead atoms. The van der Waals surface area contributed by atoms with Gasteiger partial charge in [0, 0.05) is 177 Å². The number of hydrogen-bond acceptors (Lipinski definition) is 33. The summed E-state index contributed by atoms with van der Waals surface area (Å²) in [5.41, 5.74) is 35.6. The van der Waals surface area contributed by atoms with E-state index < -0.39 is 25.6 Å². The number of likely N-dealkylation sites (N-methyl/N-ethyl adjacent to an activating group) is 1. The Morgan fingerprint density at radius 3 is 0.966 bits per heavy atom. The largest absolute Gasteiger partial charge is 0.481 e. The highest BCUT2D eigenvalue weighted by atomic mass is 79.9. The van der Waals surface area contributed by atoms with E-state index in [1.165, 1.54) is 34.1 Å². The molecule has 804 valence electrons. The number of H-pyrrole nitrogens is 5. The van der Waals surface area contributed by atoms with Gasteiger partial charge in [-0.25, -0.2) is 42.3 Å². The van der Waals surface area contributed by atoms with E-state index in [2.05, 4.69) is 230 Å². The van der Waals surface area contributed by atoms with Gasteiger partial charge in [0.05, 0.1) is 23.6 Å². The molecule has 11 aromatic rings. The quantitative estimate of drug-likeness (QED) is 0.0158. The number of hydrogen-bond donors (Lipinski definition) is 12. The fraction of sp³-hybridized carbons (Fsp3) is 0.515.